The zero-order valence-corrected chi connectivity index (χ0v) is 52.0. The van der Waals surface area contributed by atoms with Crippen LogP contribution in [0.1, 0.15) is 129 Å². The molecule has 0 amide bonds. The molecule has 2 aromatic heterocycles. The fraction of sp³-hybridized carbons (Fsp3) is 0.250. The summed E-state index contributed by atoms with van der Waals surface area (Å²) in [5.74, 6) is 2.57. The molecule has 3 aliphatic heterocycles. The van der Waals surface area contributed by atoms with Crippen LogP contribution in [0.5, 0.6) is 11.5 Å². The summed E-state index contributed by atoms with van der Waals surface area (Å²) in [5, 5.41) is 5.82. The van der Waals surface area contributed by atoms with Crippen LogP contribution in [0.3, 0.4) is 0 Å². The second-order valence-electron chi connectivity index (χ2n) is 27.7. The lowest BCUT2D eigenvalue weighted by Crippen LogP contribution is -2.71. The van der Waals surface area contributed by atoms with Crippen LogP contribution in [-0.4, -0.2) is 24.3 Å². The van der Waals surface area contributed by atoms with Gasteiger partial charge in [-0.15, -0.1) is 0 Å². The number of aromatic nitrogens is 2. The third kappa shape index (κ3) is 8.66. The van der Waals surface area contributed by atoms with Crippen molar-refractivity contribution in [2.24, 2.45) is 0 Å². The van der Waals surface area contributed by atoms with Crippen LogP contribution >= 0.6 is 11.8 Å². The number of anilines is 4. The van der Waals surface area contributed by atoms with E-state index in [9.17, 15) is 0 Å². The van der Waals surface area contributed by atoms with E-state index in [4.69, 9.17) is 9.72 Å². The van der Waals surface area contributed by atoms with Crippen LogP contribution < -0.4 is 30.1 Å². The summed E-state index contributed by atoms with van der Waals surface area (Å²) in [5.41, 5.74) is 18.7. The van der Waals surface area contributed by atoms with E-state index < -0.39 is 8.07 Å². The number of fused-ring (bicyclic) bond motifs is 7. The van der Waals surface area contributed by atoms with Crippen molar-refractivity contribution in [3.63, 3.8) is 0 Å². The Kier molecular flexibility index (Phi) is 12.2. The molecule has 0 radical (unpaired) electrons. The topological polar surface area (TPSA) is 33.5 Å². The van der Waals surface area contributed by atoms with Crippen LogP contribution in [0.2, 0.25) is 0 Å². The van der Waals surface area contributed by atoms with E-state index in [1.54, 1.807) is 0 Å². The molecule has 414 valence electrons. The summed E-state index contributed by atoms with van der Waals surface area (Å²) in [6.07, 6.45) is 7.80. The molecule has 8 aromatic carbocycles. The van der Waals surface area contributed by atoms with Gasteiger partial charge in [0.1, 0.15) is 24.0 Å². The maximum absolute atomic E-state index is 7.43. The van der Waals surface area contributed by atoms with Gasteiger partial charge in [0, 0.05) is 50.3 Å². The van der Waals surface area contributed by atoms with E-state index in [1.807, 2.05) is 18.0 Å². The maximum Gasteiger partial charge on any atom is 0.159 e. The Balaban J connectivity index is 0.934. The number of nitrogens with zero attached hydrogens (tertiary/aromatic N) is 4. The first-order valence-corrected chi connectivity index (χ1v) is 32.6. The predicted octanol–water partition coefficient (Wildman–Crippen LogP) is 18.6. The van der Waals surface area contributed by atoms with Crippen LogP contribution in [0.15, 0.2) is 204 Å². The fourth-order valence-electron chi connectivity index (χ4n) is 13.8. The quantitative estimate of drug-likeness (QED) is 0.149. The number of hydrogen-bond acceptors (Lipinski definition) is 5. The Morgan fingerprint density at radius 3 is 1.75 bits per heavy atom. The first-order valence-electron chi connectivity index (χ1n) is 29.7. The van der Waals surface area contributed by atoms with Gasteiger partial charge >= 0.3 is 0 Å². The number of para-hydroxylation sites is 2. The van der Waals surface area contributed by atoms with E-state index in [0.717, 1.165) is 40.6 Å². The number of pyridine rings is 1. The maximum atomic E-state index is 7.43. The largest absolute Gasteiger partial charge is 0.457 e. The van der Waals surface area contributed by atoms with Crippen LogP contribution in [0.25, 0.3) is 45.1 Å². The minimum absolute atomic E-state index is 0.0464. The molecule has 14 rings (SSSR count). The highest BCUT2D eigenvalue weighted by Gasteiger charge is 2.58. The molecule has 0 N–H and O–H groups in total. The molecule has 7 heteroatoms. The minimum Gasteiger partial charge on any atom is -0.457 e. The molecule has 0 saturated carbocycles. The second kappa shape index (κ2) is 19.1. The lowest BCUT2D eigenvalue weighted by molar-refractivity contribution is 0.483. The molecule has 1 spiro atoms. The van der Waals surface area contributed by atoms with Gasteiger partial charge in [-0.2, -0.15) is 0 Å². The number of allylic oxidation sites excluding steroid dienone is 1. The lowest BCUT2D eigenvalue weighted by Gasteiger charge is -2.42. The first kappa shape index (κ1) is 53.2. The van der Waals surface area contributed by atoms with Gasteiger partial charge in [-0.25, -0.2) is 4.98 Å². The van der Waals surface area contributed by atoms with Gasteiger partial charge in [-0.1, -0.05) is 204 Å². The third-order valence-corrected chi connectivity index (χ3v) is 25.1. The van der Waals surface area contributed by atoms with Crippen molar-refractivity contribution in [3.05, 3.63) is 228 Å². The van der Waals surface area contributed by atoms with Crippen LogP contribution in [0, 0.1) is 0 Å². The standard InChI is InChI=1S/C76H74N4OSSi/c1-73(2,3)50-36-37-77-69(43-50)80-61-30-23-35-67-70(61)71-62(80)45-56(46-68(71)83(67)65-33-20-18-31-63(65)82-64-32-19-21-34-66(64)83)81-55-27-22-26-54(44-55)78-47-79(60-29-17-16-28-59(60)78)72-57(48-24-14-13-15-25-48)41-53(76(10,11)12)42-58(72)49-38-51(74(4,5)6)40-52(39-49)75(7,8)9/h13-34,36-46,67H,35,47H2,1-12H3. The van der Waals surface area contributed by atoms with Gasteiger partial charge < -0.3 is 14.5 Å². The average Bonchev–Trinajstić information content (AvgIpc) is 1.55. The van der Waals surface area contributed by atoms with Crippen molar-refractivity contribution >= 4 is 75.1 Å². The lowest BCUT2D eigenvalue weighted by atomic mass is 9.77. The summed E-state index contributed by atoms with van der Waals surface area (Å²) in [6.45, 7) is 28.5. The molecule has 5 heterocycles. The SMILES string of the molecule is CC(C)(C)c1cc(-c2cc(C(C)(C)C)cc(-c3ccccc3)c2N2CN(c3cccc(Oc4cc5c6c7c(n(-c8cc(C(C)(C)C)ccn8)c6c4)C=CCC7[Si]54c5ccccc5Sc5ccccc54)c3)c3ccccc32)cc(C(C)(C)C)c1. The Bertz CT molecular complexity index is 4220. The highest BCUT2D eigenvalue weighted by Crippen LogP contribution is 2.55. The van der Waals surface area contributed by atoms with Crippen molar-refractivity contribution in [2.75, 3.05) is 16.5 Å². The highest BCUT2D eigenvalue weighted by molar-refractivity contribution is 8.00. The van der Waals surface area contributed by atoms with E-state index in [1.165, 1.54) is 97.9 Å². The van der Waals surface area contributed by atoms with Gasteiger partial charge in [0.2, 0.25) is 0 Å². The van der Waals surface area contributed by atoms with Gasteiger partial charge in [0.15, 0.2) is 8.07 Å². The van der Waals surface area contributed by atoms with Crippen molar-refractivity contribution in [3.8, 4) is 39.6 Å². The molecule has 0 saturated heterocycles. The molecular weight excluding hydrogens is 1050 g/mol. The van der Waals surface area contributed by atoms with E-state index in [-0.39, 0.29) is 21.7 Å². The highest BCUT2D eigenvalue weighted by atomic mass is 32.2. The Hall–Kier alpha value is -7.84. The molecule has 1 unspecified atom stereocenters. The third-order valence-electron chi connectivity index (χ3n) is 18.2. The van der Waals surface area contributed by atoms with Gasteiger partial charge in [-0.05, 0) is 161 Å². The van der Waals surface area contributed by atoms with Crippen LogP contribution in [0.4, 0.5) is 22.7 Å². The van der Waals surface area contributed by atoms with Gasteiger partial charge in [0.05, 0.1) is 28.3 Å². The van der Waals surface area contributed by atoms with Crippen molar-refractivity contribution in [1.29, 1.82) is 0 Å². The normalized spacial score (nSPS) is 15.9. The smallest absolute Gasteiger partial charge is 0.159 e. The predicted molar refractivity (Wildman–Crippen MR) is 353 cm³/mol. The molecule has 0 fully saturated rings. The first-order chi connectivity index (χ1) is 39.7. The minimum atomic E-state index is -2.75. The Morgan fingerprint density at radius 2 is 1.10 bits per heavy atom. The summed E-state index contributed by atoms with van der Waals surface area (Å²) in [7, 11) is -2.75. The molecule has 4 aliphatic rings. The summed E-state index contributed by atoms with van der Waals surface area (Å²) in [4.78, 5) is 13.0. The summed E-state index contributed by atoms with van der Waals surface area (Å²) < 4.78 is 9.87. The van der Waals surface area contributed by atoms with Crippen molar-refractivity contribution in [1.82, 2.24) is 9.55 Å². The van der Waals surface area contributed by atoms with Crippen molar-refractivity contribution in [2.45, 2.75) is 126 Å². The fourth-order valence-corrected chi connectivity index (χ4v) is 21.9. The molecule has 0 bridgehead atoms. The summed E-state index contributed by atoms with van der Waals surface area (Å²) in [6, 6.07) is 69.0. The van der Waals surface area contributed by atoms with E-state index in [0.29, 0.717) is 12.2 Å². The zero-order valence-electron chi connectivity index (χ0n) is 50.1. The monoisotopic (exact) mass is 1120 g/mol. The number of ether oxygens (including phenoxy) is 1. The Labute approximate surface area is 496 Å². The summed E-state index contributed by atoms with van der Waals surface area (Å²) >= 11 is 1.93. The molecule has 10 aromatic rings. The number of benzene rings is 8. The average molecular weight is 1120 g/mol. The molecular formula is C76H74N4OSSi. The number of hydrogen-bond donors (Lipinski definition) is 0. The molecule has 1 aliphatic carbocycles. The Morgan fingerprint density at radius 1 is 0.506 bits per heavy atom. The van der Waals surface area contributed by atoms with Crippen LogP contribution in [-0.2, 0) is 21.7 Å². The van der Waals surface area contributed by atoms with E-state index >= 15 is 0 Å². The molecule has 83 heavy (non-hydrogen) atoms. The van der Waals surface area contributed by atoms with E-state index in [2.05, 4.69) is 292 Å². The van der Waals surface area contributed by atoms with Gasteiger partial charge in [0.25, 0.3) is 0 Å². The second-order valence-corrected chi connectivity index (χ2v) is 32.7. The zero-order chi connectivity index (χ0) is 57.5. The number of rotatable bonds is 7. The van der Waals surface area contributed by atoms with Gasteiger partial charge in [-0.3, -0.25) is 4.57 Å². The molecule has 5 nitrogen and oxygen atoms in total. The van der Waals surface area contributed by atoms with Crippen molar-refractivity contribution < 1.29 is 4.74 Å². The molecule has 1 atom stereocenters.